The van der Waals surface area contributed by atoms with Crippen molar-refractivity contribution in [3.63, 3.8) is 0 Å². The van der Waals surface area contributed by atoms with E-state index < -0.39 is 0 Å². The normalized spacial score (nSPS) is 28.3. The highest BCUT2D eigenvalue weighted by Crippen LogP contribution is 2.35. The lowest BCUT2D eigenvalue weighted by molar-refractivity contribution is -0.0183. The minimum atomic E-state index is -0.329. The number of esters is 1. The third-order valence-corrected chi connectivity index (χ3v) is 3.91. The molecular formula is C14H22N2O2. The van der Waals surface area contributed by atoms with Gasteiger partial charge in [0.25, 0.3) is 0 Å². The fraction of sp³-hybridized carbons (Fsp3) is 0.714. The van der Waals surface area contributed by atoms with Gasteiger partial charge < -0.3 is 9.72 Å². The molecule has 0 spiro atoms. The summed E-state index contributed by atoms with van der Waals surface area (Å²) in [5.41, 5.74) is 0. The first-order valence-corrected chi connectivity index (χ1v) is 6.78. The number of carbonyl (C=O) groups is 1. The number of carbonyl (C=O) groups excluding carboxylic acids is 1. The summed E-state index contributed by atoms with van der Waals surface area (Å²) in [6, 6.07) is 0. The highest BCUT2D eigenvalue weighted by Gasteiger charge is 2.33. The lowest BCUT2D eigenvalue weighted by Crippen LogP contribution is -2.36. The molecule has 1 heterocycles. The van der Waals surface area contributed by atoms with Crippen molar-refractivity contribution in [1.82, 2.24) is 9.97 Å². The van der Waals surface area contributed by atoms with Crippen molar-refractivity contribution in [2.24, 2.45) is 17.8 Å². The quantitative estimate of drug-likeness (QED) is 0.839. The minimum Gasteiger partial charge on any atom is -0.456 e. The maximum absolute atomic E-state index is 11.9. The standard InChI is InChI=1S/C14H22N2O2/c1-9(2)11-5-4-10(3)8-12(11)18-14(17)13-15-6-7-16-13/h6-7,9-12H,4-5,8H2,1-3H3,(H,15,16). The summed E-state index contributed by atoms with van der Waals surface area (Å²) in [4.78, 5) is 18.7. The summed E-state index contributed by atoms with van der Waals surface area (Å²) < 4.78 is 5.65. The summed E-state index contributed by atoms with van der Waals surface area (Å²) in [5.74, 6) is 1.63. The Balaban J connectivity index is 2.02. The summed E-state index contributed by atoms with van der Waals surface area (Å²) in [5, 5.41) is 0. The van der Waals surface area contributed by atoms with E-state index in [9.17, 15) is 4.79 Å². The molecule has 1 aliphatic carbocycles. The Morgan fingerprint density at radius 1 is 1.50 bits per heavy atom. The Labute approximate surface area is 108 Å². The average molecular weight is 250 g/mol. The molecule has 1 aromatic rings. The first-order valence-electron chi connectivity index (χ1n) is 6.78. The van der Waals surface area contributed by atoms with Crippen LogP contribution >= 0.6 is 0 Å². The molecule has 0 aliphatic heterocycles. The van der Waals surface area contributed by atoms with Gasteiger partial charge in [-0.25, -0.2) is 9.78 Å². The first-order chi connectivity index (χ1) is 8.58. The van der Waals surface area contributed by atoms with Gasteiger partial charge in [0.2, 0.25) is 5.82 Å². The zero-order chi connectivity index (χ0) is 13.1. The van der Waals surface area contributed by atoms with E-state index in [-0.39, 0.29) is 12.1 Å². The van der Waals surface area contributed by atoms with Gasteiger partial charge in [-0.1, -0.05) is 27.2 Å². The number of hydrogen-bond donors (Lipinski definition) is 1. The fourth-order valence-corrected chi connectivity index (χ4v) is 2.82. The molecule has 0 saturated heterocycles. The summed E-state index contributed by atoms with van der Waals surface area (Å²) in [6.45, 7) is 6.63. The van der Waals surface area contributed by atoms with Gasteiger partial charge in [-0.3, -0.25) is 0 Å². The maximum Gasteiger partial charge on any atom is 0.374 e. The molecule has 0 aromatic carbocycles. The molecule has 1 aromatic heterocycles. The number of ether oxygens (including phenoxy) is 1. The van der Waals surface area contributed by atoms with E-state index in [1.54, 1.807) is 12.4 Å². The van der Waals surface area contributed by atoms with Gasteiger partial charge in [-0.05, 0) is 30.6 Å². The van der Waals surface area contributed by atoms with Crippen molar-refractivity contribution in [3.8, 4) is 0 Å². The third kappa shape index (κ3) is 2.92. The molecule has 1 saturated carbocycles. The fourth-order valence-electron chi connectivity index (χ4n) is 2.82. The Bertz CT molecular complexity index is 387. The van der Waals surface area contributed by atoms with Crippen molar-refractivity contribution in [3.05, 3.63) is 18.2 Å². The van der Waals surface area contributed by atoms with Crippen LogP contribution in [0.2, 0.25) is 0 Å². The molecule has 4 nitrogen and oxygen atoms in total. The van der Waals surface area contributed by atoms with Gasteiger partial charge in [-0.2, -0.15) is 0 Å². The molecule has 0 amide bonds. The Morgan fingerprint density at radius 2 is 2.28 bits per heavy atom. The number of nitrogens with one attached hydrogen (secondary N) is 1. The van der Waals surface area contributed by atoms with E-state index >= 15 is 0 Å². The van der Waals surface area contributed by atoms with E-state index in [2.05, 4.69) is 30.7 Å². The molecule has 3 unspecified atom stereocenters. The van der Waals surface area contributed by atoms with Crippen LogP contribution in [0, 0.1) is 17.8 Å². The second-order valence-electron chi connectivity index (χ2n) is 5.71. The molecule has 2 rings (SSSR count). The zero-order valence-electron chi connectivity index (χ0n) is 11.3. The van der Waals surface area contributed by atoms with Crippen LogP contribution in [0.4, 0.5) is 0 Å². The van der Waals surface area contributed by atoms with Crippen LogP contribution in [-0.2, 0) is 4.74 Å². The number of aromatic nitrogens is 2. The van der Waals surface area contributed by atoms with Gasteiger partial charge >= 0.3 is 5.97 Å². The summed E-state index contributed by atoms with van der Waals surface area (Å²) in [7, 11) is 0. The second kappa shape index (κ2) is 5.55. The lowest BCUT2D eigenvalue weighted by atomic mass is 9.75. The Morgan fingerprint density at radius 3 is 2.89 bits per heavy atom. The number of hydrogen-bond acceptors (Lipinski definition) is 3. The topological polar surface area (TPSA) is 55.0 Å². The Kier molecular flexibility index (Phi) is 4.04. The Hall–Kier alpha value is -1.32. The molecule has 4 heteroatoms. The number of rotatable bonds is 3. The summed E-state index contributed by atoms with van der Waals surface area (Å²) in [6.07, 6.45) is 6.59. The molecule has 3 atom stereocenters. The molecule has 0 radical (unpaired) electrons. The second-order valence-corrected chi connectivity index (χ2v) is 5.71. The van der Waals surface area contributed by atoms with E-state index in [4.69, 9.17) is 4.74 Å². The van der Waals surface area contributed by atoms with Crippen molar-refractivity contribution in [2.75, 3.05) is 0 Å². The predicted octanol–water partition coefficient (Wildman–Crippen LogP) is 3.03. The van der Waals surface area contributed by atoms with E-state index in [1.165, 1.54) is 6.42 Å². The van der Waals surface area contributed by atoms with Crippen molar-refractivity contribution < 1.29 is 9.53 Å². The maximum atomic E-state index is 11.9. The van der Waals surface area contributed by atoms with Gasteiger partial charge in [0.15, 0.2) is 0 Å². The molecular weight excluding hydrogens is 228 g/mol. The third-order valence-electron chi connectivity index (χ3n) is 3.91. The van der Waals surface area contributed by atoms with Crippen LogP contribution in [0.5, 0.6) is 0 Å². The lowest BCUT2D eigenvalue weighted by Gasteiger charge is -2.36. The van der Waals surface area contributed by atoms with Crippen LogP contribution in [0.15, 0.2) is 12.4 Å². The molecule has 1 fully saturated rings. The molecule has 1 aliphatic rings. The first kappa shape index (κ1) is 13.1. The number of nitrogens with zero attached hydrogens (tertiary/aromatic N) is 1. The highest BCUT2D eigenvalue weighted by atomic mass is 16.5. The van der Waals surface area contributed by atoms with Gasteiger partial charge in [0.1, 0.15) is 6.10 Å². The van der Waals surface area contributed by atoms with Crippen molar-refractivity contribution >= 4 is 5.97 Å². The van der Waals surface area contributed by atoms with Crippen LogP contribution in [-0.4, -0.2) is 22.0 Å². The number of imidazole rings is 1. The number of aromatic amines is 1. The van der Waals surface area contributed by atoms with Gasteiger partial charge in [0, 0.05) is 12.4 Å². The predicted molar refractivity (Wildman–Crippen MR) is 69.1 cm³/mol. The summed E-state index contributed by atoms with van der Waals surface area (Å²) >= 11 is 0. The van der Waals surface area contributed by atoms with Gasteiger partial charge in [-0.15, -0.1) is 0 Å². The number of H-pyrrole nitrogens is 1. The van der Waals surface area contributed by atoms with Crippen LogP contribution in [0.3, 0.4) is 0 Å². The van der Waals surface area contributed by atoms with Crippen LogP contribution in [0.1, 0.15) is 50.7 Å². The average Bonchev–Trinajstić information content (AvgIpc) is 2.81. The molecule has 1 N–H and O–H groups in total. The minimum absolute atomic E-state index is 0.0337. The monoisotopic (exact) mass is 250 g/mol. The largest absolute Gasteiger partial charge is 0.456 e. The van der Waals surface area contributed by atoms with Crippen LogP contribution < -0.4 is 0 Å². The van der Waals surface area contributed by atoms with Crippen molar-refractivity contribution in [1.29, 1.82) is 0 Å². The van der Waals surface area contributed by atoms with E-state index in [0.717, 1.165) is 12.8 Å². The van der Waals surface area contributed by atoms with Gasteiger partial charge in [0.05, 0.1) is 0 Å². The van der Waals surface area contributed by atoms with Crippen molar-refractivity contribution in [2.45, 2.75) is 46.1 Å². The molecule has 100 valence electrons. The van der Waals surface area contributed by atoms with Crippen LogP contribution in [0.25, 0.3) is 0 Å². The smallest absolute Gasteiger partial charge is 0.374 e. The molecule has 0 bridgehead atoms. The van der Waals surface area contributed by atoms with E-state index in [0.29, 0.717) is 23.6 Å². The highest BCUT2D eigenvalue weighted by molar-refractivity contribution is 5.85. The SMILES string of the molecule is CC1CCC(C(C)C)C(OC(=O)c2ncc[nH]2)C1. The van der Waals surface area contributed by atoms with E-state index in [1.807, 2.05) is 0 Å². The molecule has 18 heavy (non-hydrogen) atoms. The zero-order valence-corrected chi connectivity index (χ0v) is 11.3.